The molecule has 0 radical (unpaired) electrons. The smallest absolute Gasteiger partial charge is 0.0487 e. The first-order chi connectivity index (χ1) is 6.01. The molecule has 0 fully saturated rings. The highest BCUT2D eigenvalue weighted by Gasteiger charge is 2.13. The zero-order chi connectivity index (χ0) is 9.90. The Morgan fingerprint density at radius 3 is 2.08 bits per heavy atom. The van der Waals surface area contributed by atoms with E-state index in [1.54, 1.807) is 0 Å². The lowest BCUT2D eigenvalue weighted by Crippen LogP contribution is -2.23. The van der Waals surface area contributed by atoms with E-state index in [2.05, 4.69) is 37.7 Å². The van der Waals surface area contributed by atoms with E-state index in [9.17, 15) is 0 Å². The van der Waals surface area contributed by atoms with Crippen LogP contribution >= 0.6 is 0 Å². The van der Waals surface area contributed by atoms with Crippen molar-refractivity contribution in [2.24, 2.45) is 0 Å². The fraction of sp³-hybridized carbons (Fsp3) is 0.333. The maximum absolute atomic E-state index is 5.29. The highest BCUT2D eigenvalue weighted by Crippen LogP contribution is 2.12. The van der Waals surface area contributed by atoms with Gasteiger partial charge in [-0.2, -0.15) is 0 Å². The van der Waals surface area contributed by atoms with Crippen molar-refractivity contribution >= 4 is 8.07 Å². The zero-order valence-corrected chi connectivity index (χ0v) is 9.59. The van der Waals surface area contributed by atoms with Gasteiger partial charge >= 0.3 is 0 Å². The summed E-state index contributed by atoms with van der Waals surface area (Å²) >= 11 is 0. The minimum atomic E-state index is -0.977. The average molecular weight is 188 g/mol. The lowest BCUT2D eigenvalue weighted by Gasteiger charge is -2.15. The maximum Gasteiger partial charge on any atom is 0.0487 e. The molecule has 0 heterocycles. The van der Waals surface area contributed by atoms with Gasteiger partial charge in [0.1, 0.15) is 0 Å². The van der Waals surface area contributed by atoms with Crippen molar-refractivity contribution in [3.05, 3.63) is 35.4 Å². The third-order valence-electron chi connectivity index (χ3n) is 1.86. The SMILES string of the molecule is C#Cc1ccc(C[Si](C)(C)C)cc1. The summed E-state index contributed by atoms with van der Waals surface area (Å²) < 4.78 is 0. The third kappa shape index (κ3) is 3.48. The van der Waals surface area contributed by atoms with E-state index in [0.29, 0.717) is 0 Å². The van der Waals surface area contributed by atoms with Gasteiger partial charge < -0.3 is 0 Å². The second-order valence-electron chi connectivity index (χ2n) is 4.58. The number of terminal acetylenes is 1. The standard InChI is InChI=1S/C12H16Si/c1-5-11-6-8-12(9-7-11)10-13(2,3)4/h1,6-9H,10H2,2-4H3. The van der Waals surface area contributed by atoms with E-state index in [4.69, 9.17) is 6.42 Å². The Kier molecular flexibility index (Phi) is 2.95. The summed E-state index contributed by atoms with van der Waals surface area (Å²) in [5.41, 5.74) is 2.39. The summed E-state index contributed by atoms with van der Waals surface area (Å²) in [5.74, 6) is 2.63. The molecule has 0 amide bonds. The molecule has 0 saturated heterocycles. The largest absolute Gasteiger partial charge is 0.115 e. The van der Waals surface area contributed by atoms with Crippen molar-refractivity contribution in [3.8, 4) is 12.3 Å². The zero-order valence-electron chi connectivity index (χ0n) is 8.59. The quantitative estimate of drug-likeness (QED) is 0.494. The van der Waals surface area contributed by atoms with Gasteiger partial charge in [-0.1, -0.05) is 43.3 Å². The van der Waals surface area contributed by atoms with Crippen LogP contribution in [0.15, 0.2) is 24.3 Å². The van der Waals surface area contributed by atoms with Gasteiger partial charge in [-0.05, 0) is 18.2 Å². The van der Waals surface area contributed by atoms with Crippen molar-refractivity contribution in [1.82, 2.24) is 0 Å². The monoisotopic (exact) mass is 188 g/mol. The van der Waals surface area contributed by atoms with Crippen LogP contribution in [0.2, 0.25) is 19.6 Å². The highest BCUT2D eigenvalue weighted by atomic mass is 28.3. The van der Waals surface area contributed by atoms with Gasteiger partial charge in [0, 0.05) is 13.6 Å². The number of hydrogen-bond donors (Lipinski definition) is 0. The van der Waals surface area contributed by atoms with E-state index < -0.39 is 8.07 Å². The topological polar surface area (TPSA) is 0 Å². The molecule has 0 saturated carbocycles. The van der Waals surface area contributed by atoms with Crippen LogP contribution in [0.4, 0.5) is 0 Å². The fourth-order valence-electron chi connectivity index (χ4n) is 1.33. The molecule has 68 valence electrons. The minimum absolute atomic E-state index is 0.972. The lowest BCUT2D eigenvalue weighted by atomic mass is 10.2. The van der Waals surface area contributed by atoms with Gasteiger partial charge in [0.15, 0.2) is 0 Å². The van der Waals surface area contributed by atoms with Crippen LogP contribution in [-0.4, -0.2) is 8.07 Å². The Bertz CT molecular complexity index is 308. The second-order valence-corrected chi connectivity index (χ2v) is 10.1. The Morgan fingerprint density at radius 2 is 1.69 bits per heavy atom. The van der Waals surface area contributed by atoms with Gasteiger partial charge in [-0.25, -0.2) is 0 Å². The first-order valence-corrected chi connectivity index (χ1v) is 8.27. The van der Waals surface area contributed by atoms with Crippen molar-refractivity contribution in [2.75, 3.05) is 0 Å². The van der Waals surface area contributed by atoms with Crippen LogP contribution in [-0.2, 0) is 6.04 Å². The lowest BCUT2D eigenvalue weighted by molar-refractivity contribution is 1.31. The molecule has 0 aliphatic rings. The van der Waals surface area contributed by atoms with Crippen LogP contribution in [0, 0.1) is 12.3 Å². The second kappa shape index (κ2) is 3.80. The molecule has 0 atom stereocenters. The Balaban J connectivity index is 2.77. The molecule has 0 aliphatic carbocycles. The molecule has 0 N–H and O–H groups in total. The first-order valence-electron chi connectivity index (χ1n) is 4.57. The van der Waals surface area contributed by atoms with E-state index >= 15 is 0 Å². The van der Waals surface area contributed by atoms with Gasteiger partial charge in [-0.15, -0.1) is 6.42 Å². The molecular weight excluding hydrogens is 172 g/mol. The van der Waals surface area contributed by atoms with Crippen molar-refractivity contribution in [3.63, 3.8) is 0 Å². The molecule has 0 aliphatic heterocycles. The maximum atomic E-state index is 5.29. The van der Waals surface area contributed by atoms with Gasteiger partial charge in [0.2, 0.25) is 0 Å². The highest BCUT2D eigenvalue weighted by molar-refractivity contribution is 6.75. The molecular formula is C12H16Si. The number of rotatable bonds is 2. The molecule has 0 aromatic heterocycles. The Hall–Kier alpha value is -1.00. The molecule has 1 aromatic carbocycles. The summed E-state index contributed by atoms with van der Waals surface area (Å²) in [6.45, 7) is 7.13. The van der Waals surface area contributed by atoms with E-state index in [-0.39, 0.29) is 0 Å². The van der Waals surface area contributed by atoms with Crippen LogP contribution in [0.5, 0.6) is 0 Å². The average Bonchev–Trinajstić information content (AvgIpc) is 2.03. The van der Waals surface area contributed by atoms with Crippen LogP contribution in [0.3, 0.4) is 0 Å². The van der Waals surface area contributed by atoms with Gasteiger partial charge in [0.25, 0.3) is 0 Å². The number of hydrogen-bond acceptors (Lipinski definition) is 0. The van der Waals surface area contributed by atoms with Crippen LogP contribution in [0.1, 0.15) is 11.1 Å². The molecule has 1 heteroatoms. The van der Waals surface area contributed by atoms with Crippen molar-refractivity contribution in [2.45, 2.75) is 25.7 Å². The predicted molar refractivity (Wildman–Crippen MR) is 61.4 cm³/mol. The van der Waals surface area contributed by atoms with E-state index in [0.717, 1.165) is 5.56 Å². The van der Waals surface area contributed by atoms with Crippen LogP contribution in [0.25, 0.3) is 0 Å². The molecule has 0 unspecified atom stereocenters. The molecule has 13 heavy (non-hydrogen) atoms. The van der Waals surface area contributed by atoms with Gasteiger partial charge in [-0.3, -0.25) is 0 Å². The van der Waals surface area contributed by atoms with Crippen LogP contribution < -0.4 is 0 Å². The molecule has 1 rings (SSSR count). The number of benzene rings is 1. The molecule has 1 aromatic rings. The molecule has 0 bridgehead atoms. The summed E-state index contributed by atoms with van der Waals surface area (Å²) in [6, 6.07) is 9.57. The normalized spacial score (nSPS) is 10.9. The Morgan fingerprint density at radius 1 is 1.15 bits per heavy atom. The van der Waals surface area contributed by atoms with E-state index in [1.165, 1.54) is 11.6 Å². The van der Waals surface area contributed by atoms with E-state index in [1.807, 2.05) is 12.1 Å². The summed E-state index contributed by atoms with van der Waals surface area (Å²) in [6.07, 6.45) is 5.29. The summed E-state index contributed by atoms with van der Waals surface area (Å²) in [5, 5.41) is 0. The predicted octanol–water partition coefficient (Wildman–Crippen LogP) is 3.09. The molecule has 0 spiro atoms. The van der Waals surface area contributed by atoms with Gasteiger partial charge in [0.05, 0.1) is 0 Å². The first kappa shape index (κ1) is 10.1. The summed E-state index contributed by atoms with van der Waals surface area (Å²) in [4.78, 5) is 0. The fourth-order valence-corrected chi connectivity index (χ4v) is 2.79. The summed E-state index contributed by atoms with van der Waals surface area (Å²) in [7, 11) is -0.977. The Labute approximate surface area is 82.0 Å². The van der Waals surface area contributed by atoms with Crippen molar-refractivity contribution < 1.29 is 0 Å². The third-order valence-corrected chi connectivity index (χ3v) is 3.32. The minimum Gasteiger partial charge on any atom is -0.115 e. The molecule has 0 nitrogen and oxygen atoms in total. The van der Waals surface area contributed by atoms with Crippen molar-refractivity contribution in [1.29, 1.82) is 0 Å².